The van der Waals surface area contributed by atoms with E-state index in [1.165, 1.54) is 12.3 Å². The molecule has 0 bridgehead atoms. The predicted octanol–water partition coefficient (Wildman–Crippen LogP) is 4.70. The maximum atomic E-state index is 15.9. The zero-order chi connectivity index (χ0) is 28.7. The molecule has 0 aliphatic carbocycles. The molecule has 0 unspecified atom stereocenters. The van der Waals surface area contributed by atoms with E-state index in [-0.39, 0.29) is 16.7 Å². The van der Waals surface area contributed by atoms with Crippen LogP contribution in [0.2, 0.25) is 0 Å². The molecule has 0 radical (unpaired) electrons. The van der Waals surface area contributed by atoms with E-state index in [2.05, 4.69) is 0 Å². The third-order valence-corrected chi connectivity index (χ3v) is 9.67. The van der Waals surface area contributed by atoms with Gasteiger partial charge in [0, 0.05) is 49.3 Å². The Balaban J connectivity index is 1.44. The summed E-state index contributed by atoms with van der Waals surface area (Å²) in [6, 6.07) is 14.5. The van der Waals surface area contributed by atoms with Crippen LogP contribution in [0.4, 0.5) is 8.78 Å². The maximum Gasteiger partial charge on any atom is 0.278 e. The molecule has 1 amide bonds. The van der Waals surface area contributed by atoms with Gasteiger partial charge in [-0.05, 0) is 60.9 Å². The second-order valence-electron chi connectivity index (χ2n) is 11.7. The van der Waals surface area contributed by atoms with Gasteiger partial charge >= 0.3 is 0 Å². The van der Waals surface area contributed by atoms with Crippen LogP contribution >= 0.6 is 0 Å². The van der Waals surface area contributed by atoms with Crippen LogP contribution in [0.5, 0.6) is 5.75 Å². The van der Waals surface area contributed by atoms with Gasteiger partial charge in [0.15, 0.2) is 23.1 Å². The zero-order valence-corrected chi connectivity index (χ0v) is 22.7. The highest BCUT2D eigenvalue weighted by molar-refractivity contribution is 5.96. The summed E-state index contributed by atoms with van der Waals surface area (Å²) in [6.07, 6.45) is 5.94. The molecule has 2 atom stereocenters. The van der Waals surface area contributed by atoms with E-state index in [0.29, 0.717) is 37.4 Å². The summed E-state index contributed by atoms with van der Waals surface area (Å²) in [4.78, 5) is 28.3. The minimum Gasteiger partial charge on any atom is -0.502 e. The first-order valence-electron chi connectivity index (χ1n) is 14.3. The summed E-state index contributed by atoms with van der Waals surface area (Å²) in [7, 11) is 0. The van der Waals surface area contributed by atoms with Crippen LogP contribution in [0.3, 0.4) is 0 Å². The van der Waals surface area contributed by atoms with Gasteiger partial charge in [-0.2, -0.15) is 0 Å². The van der Waals surface area contributed by atoms with Crippen LogP contribution in [-0.4, -0.2) is 51.1 Å². The number of pyridine rings is 1. The lowest BCUT2D eigenvalue weighted by Crippen LogP contribution is -2.66. The molecular weight excluding hydrogens is 542 g/mol. The Hall–Kier alpha value is -4.44. The van der Waals surface area contributed by atoms with Gasteiger partial charge in [-0.25, -0.2) is 8.78 Å². The van der Waals surface area contributed by atoms with Crippen LogP contribution in [0.25, 0.3) is 16.9 Å². The van der Waals surface area contributed by atoms with Gasteiger partial charge in [-0.3, -0.25) is 19.3 Å². The number of ether oxygens (including phenoxy) is 1. The third kappa shape index (κ3) is 3.41. The molecule has 2 saturated heterocycles. The average Bonchev–Trinajstić information content (AvgIpc) is 3.44. The summed E-state index contributed by atoms with van der Waals surface area (Å²) in [5, 5.41) is 12.9. The van der Waals surface area contributed by atoms with Crippen molar-refractivity contribution in [3.8, 4) is 22.7 Å². The quantitative estimate of drug-likeness (QED) is 0.359. The van der Waals surface area contributed by atoms with Crippen molar-refractivity contribution in [2.45, 2.75) is 37.9 Å². The topological polar surface area (TPSA) is 79.9 Å². The van der Waals surface area contributed by atoms with Crippen molar-refractivity contribution >= 4 is 5.91 Å². The molecule has 8 nitrogen and oxygen atoms in total. The van der Waals surface area contributed by atoms with Crippen molar-refractivity contribution in [1.29, 1.82) is 0 Å². The molecule has 42 heavy (non-hydrogen) atoms. The van der Waals surface area contributed by atoms with E-state index in [1.54, 1.807) is 27.8 Å². The molecule has 8 rings (SSSR count). The standard InChI is InChI=1S/C32H28F2N4O4/c33-21-8-7-20-26(27(21)34)23-6-3-13-35(23)22-5-2-1-4-19(22)28(20)38-25-18-32(11-16-42-17-12-32)10-15-36(25)31(41)29-30(40)24(39)9-14-37(29)38/h1-9,13-14,25,28,40H,10-12,15-18H2/t25-,28-/m1/s1. The minimum absolute atomic E-state index is 0.0665. The fraction of sp³-hybridized carbons (Fsp3) is 0.312. The highest BCUT2D eigenvalue weighted by Gasteiger charge is 2.51. The lowest BCUT2D eigenvalue weighted by atomic mass is 9.71. The number of halogens is 2. The van der Waals surface area contributed by atoms with Gasteiger partial charge in [-0.15, -0.1) is 0 Å². The van der Waals surface area contributed by atoms with E-state index >= 15 is 4.39 Å². The second kappa shape index (κ2) is 9.03. The van der Waals surface area contributed by atoms with Crippen molar-refractivity contribution in [3.05, 3.63) is 106 Å². The van der Waals surface area contributed by atoms with Crippen LogP contribution < -0.4 is 10.4 Å². The number of rotatable bonds is 1. The first-order valence-corrected chi connectivity index (χ1v) is 14.3. The van der Waals surface area contributed by atoms with E-state index in [4.69, 9.17) is 4.74 Å². The predicted molar refractivity (Wildman–Crippen MR) is 150 cm³/mol. The number of amides is 1. The molecule has 1 N–H and O–H groups in total. The Bertz CT molecular complexity index is 1830. The van der Waals surface area contributed by atoms with Gasteiger partial charge in [0.1, 0.15) is 12.2 Å². The number of hydrogen-bond donors (Lipinski definition) is 1. The Labute approximate surface area is 239 Å². The molecule has 2 fully saturated rings. The lowest BCUT2D eigenvalue weighted by Gasteiger charge is -2.56. The van der Waals surface area contributed by atoms with Gasteiger partial charge < -0.3 is 19.3 Å². The molecule has 1 spiro atoms. The van der Waals surface area contributed by atoms with Crippen LogP contribution in [-0.2, 0) is 4.74 Å². The van der Waals surface area contributed by atoms with Crippen molar-refractivity contribution in [1.82, 2.24) is 14.1 Å². The fourth-order valence-corrected chi connectivity index (χ4v) is 7.56. The number of piperidine rings is 1. The van der Waals surface area contributed by atoms with E-state index in [1.807, 2.05) is 40.0 Å². The molecule has 2 aromatic carbocycles. The Morgan fingerprint density at radius 1 is 0.905 bits per heavy atom. The number of fused-ring (bicyclic) bond motifs is 7. The third-order valence-electron chi connectivity index (χ3n) is 9.67. The number of para-hydroxylation sites is 1. The molecule has 4 aliphatic rings. The number of hydrogen-bond acceptors (Lipinski definition) is 5. The highest BCUT2D eigenvalue weighted by Crippen LogP contribution is 2.50. The Morgan fingerprint density at radius 3 is 2.55 bits per heavy atom. The molecule has 2 aromatic heterocycles. The number of carbonyl (C=O) groups excluding carboxylic acids is 1. The first kappa shape index (κ1) is 25.3. The molecule has 0 saturated carbocycles. The number of benzene rings is 2. The van der Waals surface area contributed by atoms with Crippen molar-refractivity contribution in [3.63, 3.8) is 0 Å². The Kier molecular flexibility index (Phi) is 5.43. The summed E-state index contributed by atoms with van der Waals surface area (Å²) >= 11 is 0. The normalized spacial score (nSPS) is 22.1. The maximum absolute atomic E-state index is 15.9. The van der Waals surface area contributed by atoms with Crippen molar-refractivity contribution in [2.24, 2.45) is 5.41 Å². The smallest absolute Gasteiger partial charge is 0.278 e. The summed E-state index contributed by atoms with van der Waals surface area (Å²) in [5.74, 6) is -2.96. The second-order valence-corrected chi connectivity index (χ2v) is 11.7. The van der Waals surface area contributed by atoms with Crippen molar-refractivity contribution in [2.75, 3.05) is 24.8 Å². The van der Waals surface area contributed by atoms with Gasteiger partial charge in [0.05, 0.1) is 11.4 Å². The molecule has 4 aliphatic heterocycles. The van der Waals surface area contributed by atoms with Crippen LogP contribution in [0.1, 0.15) is 53.3 Å². The molecule has 214 valence electrons. The van der Waals surface area contributed by atoms with Gasteiger partial charge in [-0.1, -0.05) is 24.3 Å². The Morgan fingerprint density at radius 2 is 1.71 bits per heavy atom. The molecule has 4 aromatic rings. The van der Waals surface area contributed by atoms with Crippen LogP contribution in [0, 0.1) is 17.0 Å². The number of carbonyl (C=O) groups is 1. The summed E-state index contributed by atoms with van der Waals surface area (Å²) in [6.45, 7) is 1.71. The first-order chi connectivity index (χ1) is 20.4. The van der Waals surface area contributed by atoms with Crippen LogP contribution in [0.15, 0.2) is 71.8 Å². The molecule has 10 heteroatoms. The zero-order valence-electron chi connectivity index (χ0n) is 22.7. The SMILES string of the molecule is O=C1c2c(O)c(=O)ccn2N([C@@H]2c3ccccc3-n3cccc3-c3c2ccc(F)c3F)[C@@H]2CC3(CCOCC3)CCN12. The molecule has 6 heterocycles. The monoisotopic (exact) mass is 570 g/mol. The largest absolute Gasteiger partial charge is 0.502 e. The lowest BCUT2D eigenvalue weighted by molar-refractivity contribution is -0.0430. The number of nitrogens with zero attached hydrogens (tertiary/aromatic N) is 4. The van der Waals surface area contributed by atoms with E-state index in [9.17, 15) is 19.1 Å². The highest BCUT2D eigenvalue weighted by atomic mass is 19.2. The minimum atomic E-state index is -0.956. The van der Waals surface area contributed by atoms with Crippen molar-refractivity contribution < 1.29 is 23.4 Å². The fourth-order valence-electron chi connectivity index (χ4n) is 7.56. The van der Waals surface area contributed by atoms with Gasteiger partial charge in [0.25, 0.3) is 5.91 Å². The molecular formula is C32H28F2N4O4. The number of aromatic nitrogens is 2. The number of aromatic hydroxyl groups is 1. The average molecular weight is 571 g/mol. The van der Waals surface area contributed by atoms with E-state index in [0.717, 1.165) is 36.6 Å². The van der Waals surface area contributed by atoms with Gasteiger partial charge in [0.2, 0.25) is 5.43 Å². The summed E-state index contributed by atoms with van der Waals surface area (Å²) < 4.78 is 39.9. The summed E-state index contributed by atoms with van der Waals surface area (Å²) in [5.41, 5.74) is 1.90. The van der Waals surface area contributed by atoms with E-state index < -0.39 is 40.9 Å².